The number of nitrogens with one attached hydrogen (secondary N) is 4. The SMILES string of the molecule is CC(C)CC(NC(=O)C(Cc1c[nH]c2ccccc12)NC(=O)C(CS)NC(=O)C(N)CC(=O)O)C(=O)O. The summed E-state index contributed by atoms with van der Waals surface area (Å²) >= 11 is 4.08. The normalized spacial score (nSPS) is 14.4. The zero-order valence-electron chi connectivity index (χ0n) is 20.6. The van der Waals surface area contributed by atoms with Gasteiger partial charge in [-0.3, -0.25) is 19.2 Å². The van der Waals surface area contributed by atoms with Gasteiger partial charge >= 0.3 is 11.9 Å². The molecule has 4 unspecified atom stereocenters. The maximum absolute atomic E-state index is 13.2. The van der Waals surface area contributed by atoms with E-state index in [1.807, 2.05) is 38.1 Å². The molecule has 0 saturated carbocycles. The second-order valence-electron chi connectivity index (χ2n) is 9.10. The highest BCUT2D eigenvalue weighted by molar-refractivity contribution is 7.80. The Balaban J connectivity index is 2.26. The van der Waals surface area contributed by atoms with Crippen LogP contribution in [-0.4, -0.2) is 74.8 Å². The molecule has 8 N–H and O–H groups in total. The molecule has 2 rings (SSSR count). The van der Waals surface area contributed by atoms with Crippen molar-refractivity contribution in [1.29, 1.82) is 0 Å². The molecule has 202 valence electrons. The van der Waals surface area contributed by atoms with Crippen molar-refractivity contribution in [2.75, 3.05) is 5.75 Å². The molecule has 0 saturated heterocycles. The molecule has 0 fully saturated rings. The third-order valence-corrected chi connectivity index (χ3v) is 5.97. The fourth-order valence-corrected chi connectivity index (χ4v) is 3.98. The summed E-state index contributed by atoms with van der Waals surface area (Å²) in [6.07, 6.45) is 1.28. The van der Waals surface area contributed by atoms with E-state index in [-0.39, 0.29) is 24.5 Å². The summed E-state index contributed by atoms with van der Waals surface area (Å²) in [5, 5.41) is 26.6. The Morgan fingerprint density at radius 2 is 1.54 bits per heavy atom. The highest BCUT2D eigenvalue weighted by Gasteiger charge is 2.31. The average Bonchev–Trinajstić information content (AvgIpc) is 3.23. The van der Waals surface area contributed by atoms with E-state index in [4.69, 9.17) is 10.8 Å². The summed E-state index contributed by atoms with van der Waals surface area (Å²) < 4.78 is 0. The van der Waals surface area contributed by atoms with Gasteiger partial charge in [-0.1, -0.05) is 32.0 Å². The molecule has 0 radical (unpaired) electrons. The Bertz CT molecular complexity index is 1140. The molecule has 1 heterocycles. The van der Waals surface area contributed by atoms with Gasteiger partial charge in [0.05, 0.1) is 12.5 Å². The lowest BCUT2D eigenvalue weighted by Crippen LogP contribution is -2.58. The molecule has 4 atom stereocenters. The van der Waals surface area contributed by atoms with Crippen molar-refractivity contribution in [3.8, 4) is 0 Å². The summed E-state index contributed by atoms with van der Waals surface area (Å²) in [6.45, 7) is 3.64. The van der Waals surface area contributed by atoms with Crippen molar-refractivity contribution in [3.63, 3.8) is 0 Å². The molecule has 3 amide bonds. The first-order chi connectivity index (χ1) is 17.4. The number of amides is 3. The van der Waals surface area contributed by atoms with Crippen LogP contribution in [0.1, 0.15) is 32.3 Å². The van der Waals surface area contributed by atoms with Gasteiger partial charge in [-0.2, -0.15) is 12.6 Å². The number of carboxylic acids is 2. The number of aromatic amines is 1. The van der Waals surface area contributed by atoms with Gasteiger partial charge in [0.15, 0.2) is 0 Å². The first-order valence-electron chi connectivity index (χ1n) is 11.7. The lowest BCUT2D eigenvalue weighted by atomic mass is 10.0. The zero-order valence-corrected chi connectivity index (χ0v) is 21.5. The molecule has 13 heteroatoms. The van der Waals surface area contributed by atoms with Crippen LogP contribution in [0.5, 0.6) is 0 Å². The Labute approximate surface area is 219 Å². The molecule has 0 aliphatic heterocycles. The fourth-order valence-electron chi connectivity index (χ4n) is 3.72. The van der Waals surface area contributed by atoms with Crippen LogP contribution in [0, 0.1) is 5.92 Å². The minimum Gasteiger partial charge on any atom is -0.481 e. The number of thiol groups is 1. The molecule has 0 aliphatic rings. The van der Waals surface area contributed by atoms with Gasteiger partial charge in [0.25, 0.3) is 0 Å². The van der Waals surface area contributed by atoms with Crippen molar-refractivity contribution < 1.29 is 34.2 Å². The number of rotatable bonds is 14. The first kappa shape index (κ1) is 29.6. The van der Waals surface area contributed by atoms with E-state index >= 15 is 0 Å². The number of carboxylic acid groups (broad SMARTS) is 2. The number of fused-ring (bicyclic) bond motifs is 1. The molecule has 37 heavy (non-hydrogen) atoms. The van der Waals surface area contributed by atoms with E-state index in [1.165, 1.54) is 0 Å². The van der Waals surface area contributed by atoms with Crippen LogP contribution in [0.3, 0.4) is 0 Å². The van der Waals surface area contributed by atoms with Gasteiger partial charge in [-0.15, -0.1) is 0 Å². The van der Waals surface area contributed by atoms with Crippen molar-refractivity contribution in [3.05, 3.63) is 36.0 Å². The fraction of sp³-hybridized carbons (Fsp3) is 0.458. The van der Waals surface area contributed by atoms with Crippen LogP contribution >= 0.6 is 12.6 Å². The number of hydrogen-bond acceptors (Lipinski definition) is 7. The van der Waals surface area contributed by atoms with Gasteiger partial charge in [-0.25, -0.2) is 4.79 Å². The monoisotopic (exact) mass is 535 g/mol. The standard InChI is InChI=1S/C24H33N5O7S/c1-12(2)7-18(24(35)36)28-22(33)17(8-13-10-26-16-6-4-3-5-14(13)16)27-23(34)19(11-37)29-21(32)15(25)9-20(30)31/h3-6,10,12,15,17-19,26,37H,7-9,11,25H2,1-2H3,(H,27,34)(H,28,33)(H,29,32)(H,30,31)(H,35,36). The van der Waals surface area contributed by atoms with Crippen molar-refractivity contribution >= 4 is 53.2 Å². The smallest absolute Gasteiger partial charge is 0.326 e. The van der Waals surface area contributed by atoms with Crippen molar-refractivity contribution in [1.82, 2.24) is 20.9 Å². The molecule has 12 nitrogen and oxygen atoms in total. The number of benzene rings is 1. The van der Waals surface area contributed by atoms with Crippen LogP contribution in [0.25, 0.3) is 10.9 Å². The minimum absolute atomic E-state index is 0.0122. The molecule has 1 aromatic heterocycles. The highest BCUT2D eigenvalue weighted by Crippen LogP contribution is 2.19. The van der Waals surface area contributed by atoms with Gasteiger partial charge in [0, 0.05) is 29.3 Å². The number of para-hydroxylation sites is 1. The molecule has 2 aromatic rings. The van der Waals surface area contributed by atoms with Crippen LogP contribution in [-0.2, 0) is 30.4 Å². The predicted octanol–water partition coefficient (Wildman–Crippen LogP) is 0.0273. The minimum atomic E-state index is -1.38. The number of H-pyrrole nitrogens is 1. The number of carbonyl (C=O) groups excluding carboxylic acids is 3. The van der Waals surface area contributed by atoms with Gasteiger partial charge in [-0.05, 0) is 24.0 Å². The quantitative estimate of drug-likeness (QED) is 0.155. The topological polar surface area (TPSA) is 204 Å². The second kappa shape index (κ2) is 13.7. The summed E-state index contributed by atoms with van der Waals surface area (Å²) in [5.74, 6) is -4.99. The largest absolute Gasteiger partial charge is 0.481 e. The van der Waals surface area contributed by atoms with Crippen LogP contribution in [0.15, 0.2) is 30.5 Å². The van der Waals surface area contributed by atoms with Crippen LogP contribution in [0.2, 0.25) is 0 Å². The van der Waals surface area contributed by atoms with Crippen molar-refractivity contribution in [2.45, 2.75) is 57.3 Å². The first-order valence-corrected chi connectivity index (χ1v) is 12.3. The summed E-state index contributed by atoms with van der Waals surface area (Å²) in [7, 11) is 0. The average molecular weight is 536 g/mol. The highest BCUT2D eigenvalue weighted by atomic mass is 32.1. The maximum Gasteiger partial charge on any atom is 0.326 e. The Morgan fingerprint density at radius 1 is 0.946 bits per heavy atom. The zero-order chi connectivity index (χ0) is 27.7. The molecule has 0 aliphatic carbocycles. The predicted molar refractivity (Wildman–Crippen MR) is 139 cm³/mol. The van der Waals surface area contributed by atoms with E-state index in [2.05, 4.69) is 33.6 Å². The molecule has 0 bridgehead atoms. The third kappa shape index (κ3) is 8.79. The van der Waals surface area contributed by atoms with Crippen LogP contribution < -0.4 is 21.7 Å². The Morgan fingerprint density at radius 3 is 2.14 bits per heavy atom. The molecule has 1 aromatic carbocycles. The number of nitrogens with two attached hydrogens (primary N) is 1. The van der Waals surface area contributed by atoms with E-state index in [0.29, 0.717) is 5.56 Å². The third-order valence-electron chi connectivity index (χ3n) is 5.60. The number of hydrogen-bond donors (Lipinski definition) is 8. The van der Waals surface area contributed by atoms with E-state index < -0.39 is 60.2 Å². The van der Waals surface area contributed by atoms with E-state index in [9.17, 15) is 29.1 Å². The van der Waals surface area contributed by atoms with Gasteiger partial charge < -0.3 is 36.9 Å². The number of carbonyl (C=O) groups is 5. The van der Waals surface area contributed by atoms with Gasteiger partial charge in [0.1, 0.15) is 18.1 Å². The maximum atomic E-state index is 13.2. The summed E-state index contributed by atoms with van der Waals surface area (Å²) in [4.78, 5) is 64.1. The second-order valence-corrected chi connectivity index (χ2v) is 9.47. The summed E-state index contributed by atoms with van der Waals surface area (Å²) in [5.41, 5.74) is 7.09. The van der Waals surface area contributed by atoms with Crippen LogP contribution in [0.4, 0.5) is 0 Å². The molecular weight excluding hydrogens is 502 g/mol. The molecular formula is C24H33N5O7S. The van der Waals surface area contributed by atoms with E-state index in [0.717, 1.165) is 10.9 Å². The number of aliphatic carboxylic acids is 2. The lowest BCUT2D eigenvalue weighted by molar-refractivity contribution is -0.142. The lowest BCUT2D eigenvalue weighted by Gasteiger charge is -2.25. The molecule has 0 spiro atoms. The Hall–Kier alpha value is -3.58. The van der Waals surface area contributed by atoms with Crippen molar-refractivity contribution in [2.24, 2.45) is 11.7 Å². The van der Waals surface area contributed by atoms with Gasteiger partial charge in [0.2, 0.25) is 17.7 Å². The van der Waals surface area contributed by atoms with E-state index in [1.54, 1.807) is 6.20 Å². The number of aromatic nitrogens is 1. The Kier molecular flexibility index (Phi) is 10.9. The summed E-state index contributed by atoms with van der Waals surface area (Å²) in [6, 6.07) is 2.40.